The van der Waals surface area contributed by atoms with Gasteiger partial charge in [-0.15, -0.1) is 0 Å². The van der Waals surface area contributed by atoms with Crippen molar-refractivity contribution >= 4 is 45.6 Å². The van der Waals surface area contributed by atoms with Crippen LogP contribution in [-0.4, -0.2) is 16.1 Å². The van der Waals surface area contributed by atoms with E-state index in [1.165, 1.54) is 0 Å². The average Bonchev–Trinajstić information content (AvgIpc) is 3.12. The summed E-state index contributed by atoms with van der Waals surface area (Å²) in [5.41, 5.74) is 10.1. The Hall–Kier alpha value is -3.06. The summed E-state index contributed by atoms with van der Waals surface area (Å²) in [6.45, 7) is 1.95. The summed E-state index contributed by atoms with van der Waals surface area (Å²) in [7, 11) is 0. The third kappa shape index (κ3) is 2.78. The second-order valence-electron chi connectivity index (χ2n) is 5.68. The number of aryl methyl sites for hydroxylation is 1. The van der Waals surface area contributed by atoms with Crippen LogP contribution in [0.2, 0.25) is 0 Å². The molecule has 3 N–H and O–H groups in total. The first kappa shape index (κ1) is 15.5. The van der Waals surface area contributed by atoms with Crippen LogP contribution in [0, 0.1) is 6.92 Å². The predicted octanol–water partition coefficient (Wildman–Crippen LogP) is 3.71. The number of anilines is 1. The van der Waals surface area contributed by atoms with Crippen LogP contribution in [0.5, 0.6) is 0 Å². The van der Waals surface area contributed by atoms with Crippen LogP contribution in [0.4, 0.5) is 10.5 Å². The van der Waals surface area contributed by atoms with Crippen LogP contribution < -0.4 is 11.1 Å². The van der Waals surface area contributed by atoms with Gasteiger partial charge in [0.15, 0.2) is 0 Å². The molecular formula is C18H13N3O3S. The van der Waals surface area contributed by atoms with Gasteiger partial charge in [0.25, 0.3) is 11.1 Å². The summed E-state index contributed by atoms with van der Waals surface area (Å²) in [5.74, 6) is 0.0665. The number of nitrogens with two attached hydrogens (primary N) is 1. The van der Waals surface area contributed by atoms with E-state index in [1.54, 1.807) is 24.5 Å². The molecule has 0 atom stereocenters. The summed E-state index contributed by atoms with van der Waals surface area (Å²) >= 11 is 0.852. The Kier molecular flexibility index (Phi) is 3.58. The molecule has 0 spiro atoms. The number of hydrogen-bond donors (Lipinski definition) is 2. The Balaban J connectivity index is 1.81. The van der Waals surface area contributed by atoms with Crippen molar-refractivity contribution in [3.63, 3.8) is 0 Å². The Morgan fingerprint density at radius 2 is 2.08 bits per heavy atom. The number of carbonyl (C=O) groups excluding carboxylic acids is 2. The maximum atomic E-state index is 11.7. The van der Waals surface area contributed by atoms with Gasteiger partial charge in [0.2, 0.25) is 0 Å². The largest absolute Gasteiger partial charge is 0.456 e. The molecule has 4 rings (SSSR count). The lowest BCUT2D eigenvalue weighted by Crippen LogP contribution is -2.17. The Morgan fingerprint density at radius 3 is 2.80 bits per heavy atom. The van der Waals surface area contributed by atoms with Gasteiger partial charge in [-0.05, 0) is 41.9 Å². The van der Waals surface area contributed by atoms with E-state index in [4.69, 9.17) is 10.2 Å². The van der Waals surface area contributed by atoms with E-state index < -0.39 is 5.91 Å². The van der Waals surface area contributed by atoms with Gasteiger partial charge in [-0.1, -0.05) is 12.1 Å². The van der Waals surface area contributed by atoms with Crippen LogP contribution in [0.1, 0.15) is 11.3 Å². The SMILES string of the molecule is Cc1ccc(-c2cncc3cc(/C=C4\SC(=O)NC4=O)oc23)cc1N. The van der Waals surface area contributed by atoms with E-state index >= 15 is 0 Å². The molecule has 1 aromatic carbocycles. The van der Waals surface area contributed by atoms with E-state index in [9.17, 15) is 9.59 Å². The number of carbonyl (C=O) groups is 2. The molecule has 3 heterocycles. The number of aromatic nitrogens is 1. The number of nitrogen functional groups attached to an aromatic ring is 1. The van der Waals surface area contributed by atoms with Crippen molar-refractivity contribution in [3.05, 3.63) is 52.9 Å². The number of rotatable bonds is 2. The molecule has 124 valence electrons. The van der Waals surface area contributed by atoms with E-state index in [1.807, 2.05) is 25.1 Å². The van der Waals surface area contributed by atoms with Crippen LogP contribution >= 0.6 is 11.8 Å². The van der Waals surface area contributed by atoms with E-state index in [2.05, 4.69) is 10.3 Å². The fourth-order valence-corrected chi connectivity index (χ4v) is 3.28. The monoisotopic (exact) mass is 351 g/mol. The van der Waals surface area contributed by atoms with Crippen molar-refractivity contribution in [2.75, 3.05) is 5.73 Å². The minimum atomic E-state index is -0.417. The lowest BCUT2D eigenvalue weighted by atomic mass is 10.0. The van der Waals surface area contributed by atoms with Gasteiger partial charge in [-0.3, -0.25) is 19.9 Å². The molecule has 1 aliphatic rings. The average molecular weight is 351 g/mol. The number of furan rings is 1. The van der Waals surface area contributed by atoms with Crippen LogP contribution in [0.25, 0.3) is 28.2 Å². The summed E-state index contributed by atoms with van der Waals surface area (Å²) < 4.78 is 5.91. The molecule has 1 saturated heterocycles. The number of hydrogen-bond acceptors (Lipinski definition) is 6. The summed E-state index contributed by atoms with van der Waals surface area (Å²) in [5, 5.41) is 2.64. The van der Waals surface area contributed by atoms with Gasteiger partial charge in [0, 0.05) is 35.1 Å². The van der Waals surface area contributed by atoms with Crippen molar-refractivity contribution in [2.45, 2.75) is 6.92 Å². The highest BCUT2D eigenvalue weighted by Crippen LogP contribution is 2.33. The van der Waals surface area contributed by atoms with E-state index in [0.29, 0.717) is 21.9 Å². The first-order chi connectivity index (χ1) is 12.0. The van der Waals surface area contributed by atoms with Crippen LogP contribution in [0.15, 0.2) is 46.0 Å². The number of thioether (sulfide) groups is 1. The highest BCUT2D eigenvalue weighted by Gasteiger charge is 2.25. The quantitative estimate of drug-likeness (QED) is 0.539. The summed E-state index contributed by atoms with van der Waals surface area (Å²) in [6, 6.07) is 7.57. The molecule has 7 heteroatoms. The summed E-state index contributed by atoms with van der Waals surface area (Å²) in [4.78, 5) is 27.5. The molecule has 0 aliphatic carbocycles. The zero-order chi connectivity index (χ0) is 17.6. The zero-order valence-corrected chi connectivity index (χ0v) is 14.0. The summed E-state index contributed by atoms with van der Waals surface area (Å²) in [6.07, 6.45) is 4.96. The highest BCUT2D eigenvalue weighted by molar-refractivity contribution is 8.18. The molecule has 0 unspecified atom stereocenters. The maximum absolute atomic E-state index is 11.7. The molecule has 2 aromatic heterocycles. The third-order valence-electron chi connectivity index (χ3n) is 3.95. The van der Waals surface area contributed by atoms with Crippen molar-refractivity contribution < 1.29 is 14.0 Å². The third-order valence-corrected chi connectivity index (χ3v) is 4.76. The van der Waals surface area contributed by atoms with Crippen molar-refractivity contribution in [1.82, 2.24) is 10.3 Å². The van der Waals surface area contributed by atoms with Gasteiger partial charge in [0.05, 0.1) is 4.91 Å². The number of fused-ring (bicyclic) bond motifs is 1. The molecule has 6 nitrogen and oxygen atoms in total. The molecule has 1 fully saturated rings. The minimum Gasteiger partial charge on any atom is -0.456 e. The van der Waals surface area contributed by atoms with E-state index in [-0.39, 0.29) is 5.24 Å². The van der Waals surface area contributed by atoms with Gasteiger partial charge in [0.1, 0.15) is 11.3 Å². The van der Waals surface area contributed by atoms with Gasteiger partial charge in [-0.2, -0.15) is 0 Å². The zero-order valence-electron chi connectivity index (χ0n) is 13.2. The number of nitrogens with one attached hydrogen (secondary N) is 1. The highest BCUT2D eigenvalue weighted by atomic mass is 32.2. The Morgan fingerprint density at radius 1 is 1.24 bits per heavy atom. The molecule has 25 heavy (non-hydrogen) atoms. The number of pyridine rings is 1. The topological polar surface area (TPSA) is 98.2 Å². The Labute approximate surface area is 147 Å². The standard InChI is InChI=1S/C18H13N3O3S/c1-9-2-3-10(5-14(9)19)13-8-20-7-11-4-12(24-16(11)13)6-15-17(22)21-18(23)25-15/h2-8H,19H2,1H3,(H,21,22,23)/b15-6-. The number of nitrogens with zero attached hydrogens (tertiary/aromatic N) is 1. The second-order valence-corrected chi connectivity index (χ2v) is 6.69. The molecule has 0 radical (unpaired) electrons. The smallest absolute Gasteiger partial charge is 0.290 e. The van der Waals surface area contributed by atoms with Gasteiger partial charge >= 0.3 is 0 Å². The van der Waals surface area contributed by atoms with Crippen molar-refractivity contribution in [3.8, 4) is 11.1 Å². The molecular weight excluding hydrogens is 338 g/mol. The first-order valence-electron chi connectivity index (χ1n) is 7.50. The lowest BCUT2D eigenvalue weighted by molar-refractivity contribution is -0.115. The molecule has 0 bridgehead atoms. The normalized spacial score (nSPS) is 16.0. The molecule has 3 aromatic rings. The van der Waals surface area contributed by atoms with Crippen molar-refractivity contribution in [2.24, 2.45) is 0 Å². The molecule has 1 aliphatic heterocycles. The molecule has 0 saturated carbocycles. The molecule has 2 amide bonds. The number of benzene rings is 1. The van der Waals surface area contributed by atoms with Gasteiger partial charge < -0.3 is 10.2 Å². The van der Waals surface area contributed by atoms with Crippen molar-refractivity contribution in [1.29, 1.82) is 0 Å². The van der Waals surface area contributed by atoms with Crippen LogP contribution in [0.3, 0.4) is 0 Å². The fraction of sp³-hybridized carbons (Fsp3) is 0.0556. The predicted molar refractivity (Wildman–Crippen MR) is 97.7 cm³/mol. The minimum absolute atomic E-state index is 0.304. The number of amides is 2. The Bertz CT molecular complexity index is 1070. The second kappa shape index (κ2) is 5.78. The van der Waals surface area contributed by atoms with Gasteiger partial charge in [-0.25, -0.2) is 0 Å². The fourth-order valence-electron chi connectivity index (χ4n) is 2.62. The number of imide groups is 1. The van der Waals surface area contributed by atoms with E-state index in [0.717, 1.165) is 33.8 Å². The first-order valence-corrected chi connectivity index (χ1v) is 8.32. The maximum Gasteiger partial charge on any atom is 0.290 e. The lowest BCUT2D eigenvalue weighted by Gasteiger charge is -2.05. The van der Waals surface area contributed by atoms with Crippen LogP contribution in [-0.2, 0) is 4.79 Å².